The maximum absolute atomic E-state index is 13.6. The number of Topliss-reactive ketones (excluding diaryl/α,β-unsaturated/α-hetero) is 1. The molecule has 1 atom stereocenters. The molecule has 3 aromatic carbocycles. The Kier molecular flexibility index (Phi) is 7.37. The van der Waals surface area contributed by atoms with Crippen LogP contribution >= 0.6 is 0 Å². The zero-order valence-corrected chi connectivity index (χ0v) is 23.7. The summed E-state index contributed by atoms with van der Waals surface area (Å²) in [5.74, 6) is -0.178. The van der Waals surface area contributed by atoms with Gasteiger partial charge in [-0.1, -0.05) is 45.0 Å². The molecule has 1 saturated heterocycles. The lowest BCUT2D eigenvalue weighted by Crippen LogP contribution is -2.29. The molecule has 0 spiro atoms. The first-order chi connectivity index (χ1) is 19.6. The Morgan fingerprint density at radius 3 is 2.32 bits per heavy atom. The Bertz CT molecular complexity index is 1640. The van der Waals surface area contributed by atoms with Crippen molar-refractivity contribution in [3.05, 3.63) is 119 Å². The van der Waals surface area contributed by atoms with Crippen molar-refractivity contribution in [3.8, 4) is 17.2 Å². The second kappa shape index (κ2) is 10.9. The first kappa shape index (κ1) is 27.6. The molecule has 41 heavy (non-hydrogen) atoms. The minimum atomic E-state index is -0.907. The second-order valence-electron chi connectivity index (χ2n) is 11.0. The van der Waals surface area contributed by atoms with Gasteiger partial charge in [-0.3, -0.25) is 19.5 Å². The monoisotopic (exact) mass is 548 g/mol. The van der Waals surface area contributed by atoms with Crippen molar-refractivity contribution in [2.45, 2.75) is 39.2 Å². The SMILES string of the molecule is COc1ccc(C(C)(C)C)cc1/C(O)=C1\C(=O)C(=O)N(c2ccc(Oc3cccc(C)c3)cc2)C1c1cccnc1. The first-order valence-electron chi connectivity index (χ1n) is 13.3. The van der Waals surface area contributed by atoms with Gasteiger partial charge < -0.3 is 14.6 Å². The number of amides is 1. The molecular formula is C34H32N2O5. The molecule has 1 amide bonds. The maximum atomic E-state index is 13.6. The van der Waals surface area contributed by atoms with Crippen LogP contribution < -0.4 is 14.4 Å². The van der Waals surface area contributed by atoms with Gasteiger partial charge in [-0.25, -0.2) is 0 Å². The van der Waals surface area contributed by atoms with Crippen molar-refractivity contribution < 1.29 is 24.2 Å². The van der Waals surface area contributed by atoms with Gasteiger partial charge in [0.05, 0.1) is 24.3 Å². The predicted molar refractivity (Wildman–Crippen MR) is 158 cm³/mol. The van der Waals surface area contributed by atoms with Crippen molar-refractivity contribution in [3.63, 3.8) is 0 Å². The van der Waals surface area contributed by atoms with Crippen LogP contribution in [0.2, 0.25) is 0 Å². The van der Waals surface area contributed by atoms with Gasteiger partial charge in [0.25, 0.3) is 11.7 Å². The molecule has 208 valence electrons. The number of hydrogen-bond donors (Lipinski definition) is 1. The number of carbonyl (C=O) groups excluding carboxylic acids is 2. The van der Waals surface area contributed by atoms with E-state index in [0.29, 0.717) is 34.1 Å². The normalized spacial score (nSPS) is 16.6. The highest BCUT2D eigenvalue weighted by atomic mass is 16.5. The van der Waals surface area contributed by atoms with Gasteiger partial charge in [0.2, 0.25) is 0 Å². The number of carbonyl (C=O) groups is 2. The van der Waals surface area contributed by atoms with E-state index in [1.807, 2.05) is 37.3 Å². The largest absolute Gasteiger partial charge is 0.507 e. The fraction of sp³-hybridized carbons (Fsp3) is 0.206. The third-order valence-corrected chi connectivity index (χ3v) is 7.11. The van der Waals surface area contributed by atoms with Gasteiger partial charge in [-0.05, 0) is 83.6 Å². The number of ketones is 1. The van der Waals surface area contributed by atoms with Crippen LogP contribution in [0.25, 0.3) is 5.76 Å². The zero-order valence-electron chi connectivity index (χ0n) is 23.7. The Balaban J connectivity index is 1.61. The van der Waals surface area contributed by atoms with E-state index >= 15 is 0 Å². The summed E-state index contributed by atoms with van der Waals surface area (Å²) in [5.41, 5.74) is 3.16. The topological polar surface area (TPSA) is 89.0 Å². The van der Waals surface area contributed by atoms with Crippen LogP contribution in [0.1, 0.15) is 49.1 Å². The predicted octanol–water partition coefficient (Wildman–Crippen LogP) is 7.11. The Morgan fingerprint density at radius 2 is 1.68 bits per heavy atom. The molecule has 0 radical (unpaired) electrons. The molecule has 1 unspecified atom stereocenters. The van der Waals surface area contributed by atoms with Crippen molar-refractivity contribution >= 4 is 23.1 Å². The molecule has 1 fully saturated rings. The van der Waals surface area contributed by atoms with Gasteiger partial charge in [0, 0.05) is 18.1 Å². The number of benzene rings is 3. The van der Waals surface area contributed by atoms with Gasteiger partial charge in [-0.15, -0.1) is 0 Å². The summed E-state index contributed by atoms with van der Waals surface area (Å²) in [6, 6.07) is 22.7. The van der Waals surface area contributed by atoms with Crippen LogP contribution in [-0.2, 0) is 15.0 Å². The number of nitrogens with zero attached hydrogens (tertiary/aromatic N) is 2. The van der Waals surface area contributed by atoms with Crippen LogP contribution in [0.3, 0.4) is 0 Å². The molecule has 1 aromatic heterocycles. The Labute approximate surface area is 239 Å². The van der Waals surface area contributed by atoms with Crippen molar-refractivity contribution in [2.75, 3.05) is 12.0 Å². The summed E-state index contributed by atoms with van der Waals surface area (Å²) in [5, 5.41) is 11.7. The number of methoxy groups -OCH3 is 1. The fourth-order valence-electron chi connectivity index (χ4n) is 4.95. The fourth-order valence-corrected chi connectivity index (χ4v) is 4.95. The van der Waals surface area contributed by atoms with E-state index < -0.39 is 17.7 Å². The highest BCUT2D eigenvalue weighted by molar-refractivity contribution is 6.51. The molecule has 0 saturated carbocycles. The van der Waals surface area contributed by atoms with E-state index in [1.54, 1.807) is 60.9 Å². The summed E-state index contributed by atoms with van der Waals surface area (Å²) in [6.45, 7) is 8.15. The molecule has 0 bridgehead atoms. The van der Waals surface area contributed by atoms with Crippen molar-refractivity contribution in [2.24, 2.45) is 0 Å². The van der Waals surface area contributed by atoms with Gasteiger partial charge in [0.1, 0.15) is 23.0 Å². The quantitative estimate of drug-likeness (QED) is 0.157. The molecule has 7 nitrogen and oxygen atoms in total. The van der Waals surface area contributed by atoms with E-state index in [-0.39, 0.29) is 16.7 Å². The maximum Gasteiger partial charge on any atom is 0.300 e. The van der Waals surface area contributed by atoms with E-state index in [2.05, 4.69) is 25.8 Å². The zero-order chi connectivity index (χ0) is 29.3. The third-order valence-electron chi connectivity index (χ3n) is 7.11. The number of aryl methyl sites for hydroxylation is 1. The number of anilines is 1. The number of ether oxygens (including phenoxy) is 2. The summed E-state index contributed by atoms with van der Waals surface area (Å²) in [6.07, 6.45) is 3.21. The molecule has 7 heteroatoms. The summed E-state index contributed by atoms with van der Waals surface area (Å²) >= 11 is 0. The Hall–Kier alpha value is -4.91. The summed E-state index contributed by atoms with van der Waals surface area (Å²) in [7, 11) is 1.50. The minimum Gasteiger partial charge on any atom is -0.507 e. The number of hydrogen-bond acceptors (Lipinski definition) is 6. The molecule has 1 aliphatic rings. The number of aliphatic hydroxyl groups is 1. The van der Waals surface area contributed by atoms with Gasteiger partial charge in [0.15, 0.2) is 0 Å². The summed E-state index contributed by atoms with van der Waals surface area (Å²) < 4.78 is 11.5. The van der Waals surface area contributed by atoms with Crippen LogP contribution in [-0.4, -0.2) is 28.9 Å². The molecule has 0 aliphatic carbocycles. The van der Waals surface area contributed by atoms with Crippen molar-refractivity contribution in [1.29, 1.82) is 0 Å². The standard InChI is InChI=1S/C34H32N2O5/c1-21-8-6-10-26(18-21)41-25-14-12-24(13-15-25)36-30(22-9-7-17-35-20-22)29(32(38)33(36)39)31(37)27-19-23(34(2,3)4)11-16-28(27)40-5/h6-20,30,37H,1-5H3/b31-29+. The first-order valence-corrected chi connectivity index (χ1v) is 13.3. The van der Waals surface area contributed by atoms with Crippen LogP contribution in [0.4, 0.5) is 5.69 Å². The lowest BCUT2D eigenvalue weighted by Gasteiger charge is -2.26. The van der Waals surface area contributed by atoms with E-state index in [0.717, 1.165) is 11.1 Å². The van der Waals surface area contributed by atoms with Crippen LogP contribution in [0.15, 0.2) is 96.8 Å². The van der Waals surface area contributed by atoms with Crippen LogP contribution in [0.5, 0.6) is 17.2 Å². The molecule has 2 heterocycles. The molecule has 1 N–H and O–H groups in total. The average molecular weight is 549 g/mol. The number of aliphatic hydroxyl groups excluding tert-OH is 1. The summed E-state index contributed by atoms with van der Waals surface area (Å²) in [4.78, 5) is 32.8. The highest BCUT2D eigenvalue weighted by Crippen LogP contribution is 2.44. The third kappa shape index (κ3) is 5.43. The number of pyridine rings is 1. The van der Waals surface area contributed by atoms with Gasteiger partial charge in [-0.2, -0.15) is 0 Å². The average Bonchev–Trinajstić information content (AvgIpc) is 3.22. The molecule has 1 aliphatic heterocycles. The lowest BCUT2D eigenvalue weighted by molar-refractivity contribution is -0.132. The molecule has 4 aromatic rings. The van der Waals surface area contributed by atoms with Gasteiger partial charge >= 0.3 is 0 Å². The smallest absolute Gasteiger partial charge is 0.300 e. The number of rotatable bonds is 6. The second-order valence-corrected chi connectivity index (χ2v) is 11.0. The molecular weight excluding hydrogens is 516 g/mol. The lowest BCUT2D eigenvalue weighted by atomic mass is 9.85. The molecule has 5 rings (SSSR count). The van der Waals surface area contributed by atoms with E-state index in [1.165, 1.54) is 12.0 Å². The highest BCUT2D eigenvalue weighted by Gasteiger charge is 2.47. The minimum absolute atomic E-state index is 0.0348. The van der Waals surface area contributed by atoms with E-state index in [9.17, 15) is 14.7 Å². The number of aromatic nitrogens is 1. The Morgan fingerprint density at radius 1 is 0.927 bits per heavy atom. The van der Waals surface area contributed by atoms with Crippen LogP contribution in [0, 0.1) is 6.92 Å². The van der Waals surface area contributed by atoms with E-state index in [4.69, 9.17) is 9.47 Å². The van der Waals surface area contributed by atoms with Crippen molar-refractivity contribution in [1.82, 2.24) is 4.98 Å².